The van der Waals surface area contributed by atoms with Crippen molar-refractivity contribution in [1.29, 1.82) is 0 Å². The molecule has 2 unspecified atom stereocenters. The number of aliphatic imine (C=N–C) groups is 1. The Hall–Kier alpha value is -0.730. The van der Waals surface area contributed by atoms with Crippen LogP contribution in [0.3, 0.4) is 0 Å². The van der Waals surface area contributed by atoms with Crippen LogP contribution in [0.15, 0.2) is 4.99 Å². The fourth-order valence-electron chi connectivity index (χ4n) is 3.62. The van der Waals surface area contributed by atoms with E-state index in [1.165, 1.54) is 32.1 Å². The lowest BCUT2D eigenvalue weighted by molar-refractivity contribution is 0.0699. The third-order valence-corrected chi connectivity index (χ3v) is 4.44. The molecule has 0 aromatic heterocycles. The highest BCUT2D eigenvalue weighted by molar-refractivity contribution is 5.81. The van der Waals surface area contributed by atoms with E-state index in [1.807, 2.05) is 0 Å². The first-order valence-electron chi connectivity index (χ1n) is 6.82. The Morgan fingerprint density at radius 3 is 2.94 bits per heavy atom. The van der Waals surface area contributed by atoms with Crippen molar-refractivity contribution in [2.45, 2.75) is 57.9 Å². The summed E-state index contributed by atoms with van der Waals surface area (Å²) in [7, 11) is 0. The molecule has 0 radical (unpaired) electrons. The summed E-state index contributed by atoms with van der Waals surface area (Å²) in [5.41, 5.74) is 6.35. The molecular formula is C13H25N3. The summed E-state index contributed by atoms with van der Waals surface area (Å²) in [5, 5.41) is 0. The summed E-state index contributed by atoms with van der Waals surface area (Å²) in [6.45, 7) is 6.56. The largest absolute Gasteiger partial charge is 0.370 e. The van der Waals surface area contributed by atoms with E-state index in [2.05, 4.69) is 23.7 Å². The van der Waals surface area contributed by atoms with Gasteiger partial charge in [0.05, 0.1) is 12.1 Å². The number of hydrogen-bond donors (Lipinski definition) is 1. The van der Waals surface area contributed by atoms with Crippen LogP contribution >= 0.6 is 0 Å². The molecule has 0 saturated heterocycles. The van der Waals surface area contributed by atoms with Gasteiger partial charge in [0, 0.05) is 6.54 Å². The average molecular weight is 223 g/mol. The molecule has 92 valence electrons. The summed E-state index contributed by atoms with van der Waals surface area (Å²) in [6, 6.07) is 0. The molecule has 2 N–H and O–H groups in total. The zero-order valence-electron chi connectivity index (χ0n) is 10.7. The number of nitrogens with two attached hydrogens (primary N) is 1. The first-order valence-corrected chi connectivity index (χ1v) is 6.82. The fourth-order valence-corrected chi connectivity index (χ4v) is 3.62. The van der Waals surface area contributed by atoms with E-state index < -0.39 is 0 Å². The van der Waals surface area contributed by atoms with Crippen molar-refractivity contribution in [3.8, 4) is 0 Å². The van der Waals surface area contributed by atoms with Crippen molar-refractivity contribution in [2.75, 3.05) is 13.1 Å². The average Bonchev–Trinajstić information content (AvgIpc) is 2.60. The SMILES string of the molecule is CCCN1C(N)=NCC12CCCCC2CC. The lowest BCUT2D eigenvalue weighted by atomic mass is 9.71. The van der Waals surface area contributed by atoms with Gasteiger partial charge < -0.3 is 10.6 Å². The quantitative estimate of drug-likeness (QED) is 0.798. The normalized spacial score (nSPS) is 34.5. The predicted molar refractivity (Wildman–Crippen MR) is 68.5 cm³/mol. The van der Waals surface area contributed by atoms with Crippen LogP contribution < -0.4 is 5.73 Å². The minimum atomic E-state index is 0.285. The second-order valence-corrected chi connectivity index (χ2v) is 5.28. The molecule has 1 saturated carbocycles. The summed E-state index contributed by atoms with van der Waals surface area (Å²) in [5.74, 6) is 1.58. The summed E-state index contributed by atoms with van der Waals surface area (Å²) in [4.78, 5) is 6.95. The zero-order valence-corrected chi connectivity index (χ0v) is 10.7. The van der Waals surface area contributed by atoms with Crippen LogP contribution in [0.4, 0.5) is 0 Å². The number of rotatable bonds is 3. The maximum absolute atomic E-state index is 6.06. The minimum Gasteiger partial charge on any atom is -0.370 e. The smallest absolute Gasteiger partial charge is 0.191 e. The van der Waals surface area contributed by atoms with Crippen molar-refractivity contribution in [1.82, 2.24) is 4.90 Å². The van der Waals surface area contributed by atoms with Gasteiger partial charge in [-0.25, -0.2) is 0 Å². The Balaban J connectivity index is 2.21. The summed E-state index contributed by atoms with van der Waals surface area (Å²) >= 11 is 0. The minimum absolute atomic E-state index is 0.285. The van der Waals surface area contributed by atoms with Crippen LogP contribution in [0, 0.1) is 5.92 Å². The van der Waals surface area contributed by atoms with E-state index >= 15 is 0 Å². The van der Waals surface area contributed by atoms with Gasteiger partial charge in [0.25, 0.3) is 0 Å². The van der Waals surface area contributed by atoms with Crippen LogP contribution in [0.2, 0.25) is 0 Å². The van der Waals surface area contributed by atoms with Gasteiger partial charge in [-0.2, -0.15) is 0 Å². The van der Waals surface area contributed by atoms with Gasteiger partial charge in [-0.3, -0.25) is 4.99 Å². The Labute approximate surface area is 99.1 Å². The molecule has 1 aliphatic heterocycles. The number of nitrogens with zero attached hydrogens (tertiary/aromatic N) is 2. The van der Waals surface area contributed by atoms with Gasteiger partial charge in [0.2, 0.25) is 0 Å². The molecule has 2 atom stereocenters. The lowest BCUT2D eigenvalue weighted by Crippen LogP contribution is -2.57. The van der Waals surface area contributed by atoms with Gasteiger partial charge in [-0.05, 0) is 25.2 Å². The van der Waals surface area contributed by atoms with Gasteiger partial charge in [0.15, 0.2) is 5.96 Å². The Morgan fingerprint density at radius 1 is 1.44 bits per heavy atom. The van der Waals surface area contributed by atoms with E-state index in [0.717, 1.165) is 31.4 Å². The molecule has 0 aromatic carbocycles. The van der Waals surface area contributed by atoms with Crippen LogP contribution in [-0.2, 0) is 0 Å². The van der Waals surface area contributed by atoms with Crippen LogP contribution in [0.25, 0.3) is 0 Å². The molecule has 1 aliphatic carbocycles. The molecule has 0 amide bonds. The third-order valence-electron chi connectivity index (χ3n) is 4.44. The lowest BCUT2D eigenvalue weighted by Gasteiger charge is -2.47. The molecule has 0 aromatic rings. The molecule has 1 spiro atoms. The molecule has 16 heavy (non-hydrogen) atoms. The van der Waals surface area contributed by atoms with Crippen molar-refractivity contribution in [3.05, 3.63) is 0 Å². The maximum atomic E-state index is 6.06. The van der Waals surface area contributed by atoms with E-state index in [9.17, 15) is 0 Å². The molecule has 3 nitrogen and oxygen atoms in total. The first-order chi connectivity index (χ1) is 7.74. The second-order valence-electron chi connectivity index (χ2n) is 5.28. The molecular weight excluding hydrogens is 198 g/mol. The van der Waals surface area contributed by atoms with E-state index in [4.69, 9.17) is 5.73 Å². The van der Waals surface area contributed by atoms with E-state index in [-0.39, 0.29) is 5.54 Å². The van der Waals surface area contributed by atoms with Crippen molar-refractivity contribution < 1.29 is 0 Å². The van der Waals surface area contributed by atoms with Gasteiger partial charge in [-0.1, -0.05) is 33.1 Å². The Morgan fingerprint density at radius 2 is 2.25 bits per heavy atom. The number of guanidine groups is 1. The molecule has 3 heteroatoms. The van der Waals surface area contributed by atoms with Crippen LogP contribution in [-0.4, -0.2) is 29.5 Å². The predicted octanol–water partition coefficient (Wildman–Crippen LogP) is 2.37. The van der Waals surface area contributed by atoms with Crippen molar-refractivity contribution in [3.63, 3.8) is 0 Å². The van der Waals surface area contributed by atoms with Gasteiger partial charge in [-0.15, -0.1) is 0 Å². The number of hydrogen-bond acceptors (Lipinski definition) is 3. The monoisotopic (exact) mass is 223 g/mol. The van der Waals surface area contributed by atoms with Gasteiger partial charge >= 0.3 is 0 Å². The summed E-state index contributed by atoms with van der Waals surface area (Å²) in [6.07, 6.45) is 7.81. The molecule has 2 aliphatic rings. The molecule has 1 heterocycles. The fraction of sp³-hybridized carbons (Fsp3) is 0.923. The molecule has 2 rings (SSSR count). The second kappa shape index (κ2) is 4.64. The van der Waals surface area contributed by atoms with Crippen LogP contribution in [0.1, 0.15) is 52.4 Å². The molecule has 1 fully saturated rings. The Kier molecular flexibility index (Phi) is 3.41. The maximum Gasteiger partial charge on any atom is 0.191 e. The highest BCUT2D eigenvalue weighted by Crippen LogP contribution is 2.42. The Bertz CT molecular complexity index is 274. The van der Waals surface area contributed by atoms with E-state index in [1.54, 1.807) is 0 Å². The summed E-state index contributed by atoms with van der Waals surface area (Å²) < 4.78 is 0. The third kappa shape index (κ3) is 1.70. The van der Waals surface area contributed by atoms with E-state index in [0.29, 0.717) is 0 Å². The van der Waals surface area contributed by atoms with Crippen LogP contribution in [0.5, 0.6) is 0 Å². The highest BCUT2D eigenvalue weighted by Gasteiger charge is 2.47. The zero-order chi connectivity index (χ0) is 11.6. The van der Waals surface area contributed by atoms with Gasteiger partial charge in [0.1, 0.15) is 0 Å². The first kappa shape index (κ1) is 11.7. The molecule has 0 bridgehead atoms. The standard InChI is InChI=1S/C13H25N3/c1-3-9-16-12(14)15-10-13(16)8-6-5-7-11(13)4-2/h11H,3-10H2,1-2H3,(H2,14,15). The van der Waals surface area contributed by atoms with Crippen molar-refractivity contribution >= 4 is 5.96 Å². The topological polar surface area (TPSA) is 41.6 Å². The van der Waals surface area contributed by atoms with Crippen molar-refractivity contribution in [2.24, 2.45) is 16.6 Å². The highest BCUT2D eigenvalue weighted by atomic mass is 15.4.